The van der Waals surface area contributed by atoms with Crippen LogP contribution in [0.2, 0.25) is 0 Å². The number of nitrogens with zero attached hydrogens (tertiary/aromatic N) is 4. The van der Waals surface area contributed by atoms with Gasteiger partial charge in [-0.3, -0.25) is 4.98 Å². The molecule has 0 fully saturated rings. The fourth-order valence-electron chi connectivity index (χ4n) is 1.94. The number of pyridine rings is 1. The molecule has 3 rings (SSSR count). The van der Waals surface area contributed by atoms with Crippen molar-refractivity contribution in [2.24, 2.45) is 5.92 Å². The van der Waals surface area contributed by atoms with Gasteiger partial charge in [0.2, 0.25) is 5.82 Å². The first-order valence-electron chi connectivity index (χ1n) is 6.95. The lowest BCUT2D eigenvalue weighted by Crippen LogP contribution is -1.91. The van der Waals surface area contributed by atoms with E-state index in [1.54, 1.807) is 43.0 Å². The van der Waals surface area contributed by atoms with Gasteiger partial charge in [-0.2, -0.15) is 4.98 Å². The number of aromatic nitrogens is 4. The van der Waals surface area contributed by atoms with E-state index in [2.05, 4.69) is 34.0 Å². The predicted octanol–water partition coefficient (Wildman–Crippen LogP) is 3.46. The number of thiazole rings is 1. The summed E-state index contributed by atoms with van der Waals surface area (Å²) in [7, 11) is 1.61. The van der Waals surface area contributed by atoms with Crippen molar-refractivity contribution < 1.29 is 9.26 Å². The normalized spacial score (nSPS) is 11.1. The highest BCUT2D eigenvalue weighted by molar-refractivity contribution is 7.15. The smallest absolute Gasteiger partial charge is 0.270 e. The molecular weight excluding hydrogens is 300 g/mol. The molecule has 0 amide bonds. The summed E-state index contributed by atoms with van der Waals surface area (Å²) in [4.78, 5) is 13.9. The van der Waals surface area contributed by atoms with Crippen LogP contribution >= 0.6 is 11.3 Å². The van der Waals surface area contributed by atoms with E-state index >= 15 is 0 Å². The van der Waals surface area contributed by atoms with E-state index in [1.807, 2.05) is 0 Å². The molecular formula is C15H16N4O2S. The second-order valence-corrected chi connectivity index (χ2v) is 6.34. The largest absolute Gasteiger partial charge is 0.497 e. The van der Waals surface area contributed by atoms with Gasteiger partial charge in [0, 0.05) is 18.7 Å². The van der Waals surface area contributed by atoms with Gasteiger partial charge in [-0.1, -0.05) is 19.0 Å². The van der Waals surface area contributed by atoms with Crippen LogP contribution in [0.4, 0.5) is 0 Å². The van der Waals surface area contributed by atoms with Gasteiger partial charge in [-0.25, -0.2) is 4.98 Å². The van der Waals surface area contributed by atoms with E-state index < -0.39 is 0 Å². The fourth-order valence-corrected chi connectivity index (χ4v) is 2.99. The van der Waals surface area contributed by atoms with E-state index in [9.17, 15) is 0 Å². The van der Waals surface area contributed by atoms with Gasteiger partial charge < -0.3 is 9.26 Å². The molecule has 0 N–H and O–H groups in total. The van der Waals surface area contributed by atoms with Crippen LogP contribution in [0.3, 0.4) is 0 Å². The molecule has 0 aliphatic carbocycles. The van der Waals surface area contributed by atoms with E-state index in [4.69, 9.17) is 9.26 Å². The van der Waals surface area contributed by atoms with Crippen LogP contribution in [0.15, 0.2) is 29.0 Å². The van der Waals surface area contributed by atoms with Crippen LogP contribution < -0.4 is 4.74 Å². The van der Waals surface area contributed by atoms with E-state index in [0.717, 1.165) is 16.3 Å². The summed E-state index contributed by atoms with van der Waals surface area (Å²) in [6, 6.07) is 3.54. The fraction of sp³-hybridized carbons (Fsp3) is 0.333. The Morgan fingerprint density at radius 1 is 1.32 bits per heavy atom. The highest BCUT2D eigenvalue weighted by Crippen LogP contribution is 2.28. The zero-order chi connectivity index (χ0) is 15.5. The second-order valence-electron chi connectivity index (χ2n) is 5.22. The zero-order valence-electron chi connectivity index (χ0n) is 12.6. The maximum atomic E-state index is 5.33. The van der Waals surface area contributed by atoms with Gasteiger partial charge in [0.05, 0.1) is 18.3 Å². The first kappa shape index (κ1) is 14.6. The lowest BCUT2D eigenvalue weighted by atomic mass is 10.1. The van der Waals surface area contributed by atoms with Crippen LogP contribution in [0, 0.1) is 5.92 Å². The van der Waals surface area contributed by atoms with Gasteiger partial charge in [0.1, 0.15) is 16.3 Å². The molecule has 0 aliphatic heterocycles. The van der Waals surface area contributed by atoms with E-state index in [1.165, 1.54) is 0 Å². The first-order valence-corrected chi connectivity index (χ1v) is 7.76. The third-order valence-corrected chi connectivity index (χ3v) is 3.98. The van der Waals surface area contributed by atoms with Crippen LogP contribution in [0.5, 0.6) is 5.75 Å². The molecule has 0 unspecified atom stereocenters. The average Bonchev–Trinajstić information content (AvgIpc) is 3.15. The van der Waals surface area contributed by atoms with E-state index in [0.29, 0.717) is 29.1 Å². The molecule has 0 atom stereocenters. The number of ether oxygens (including phenoxy) is 1. The molecule has 7 heteroatoms. The quantitative estimate of drug-likeness (QED) is 0.717. The minimum Gasteiger partial charge on any atom is -0.497 e. The molecule has 3 aromatic heterocycles. The predicted molar refractivity (Wildman–Crippen MR) is 83.7 cm³/mol. The summed E-state index contributed by atoms with van der Waals surface area (Å²) in [6.07, 6.45) is 4.37. The Hall–Kier alpha value is -2.28. The van der Waals surface area contributed by atoms with Gasteiger partial charge in [-0.05, 0) is 12.0 Å². The number of rotatable bonds is 5. The SMILES string of the molecule is COc1ccnc(-c2noc(-c3cnc(CC(C)C)s3)n2)c1. The lowest BCUT2D eigenvalue weighted by molar-refractivity contribution is 0.414. The molecule has 0 bridgehead atoms. The second kappa shape index (κ2) is 6.23. The summed E-state index contributed by atoms with van der Waals surface area (Å²) in [5.74, 6) is 2.17. The van der Waals surface area contributed by atoms with Crippen molar-refractivity contribution >= 4 is 11.3 Å². The standard InChI is InChI=1S/C15H16N4O2S/c1-9(2)6-13-17-8-12(22-13)15-18-14(19-21-15)11-7-10(20-3)4-5-16-11/h4-5,7-9H,6H2,1-3H3. The molecule has 3 heterocycles. The molecule has 0 aliphatic rings. The minimum atomic E-state index is 0.438. The molecule has 22 heavy (non-hydrogen) atoms. The van der Waals surface area contributed by atoms with Crippen LogP contribution in [0.25, 0.3) is 22.3 Å². The van der Waals surface area contributed by atoms with Crippen molar-refractivity contribution in [1.82, 2.24) is 20.1 Å². The van der Waals surface area contributed by atoms with Crippen LogP contribution in [-0.4, -0.2) is 27.2 Å². The summed E-state index contributed by atoms with van der Waals surface area (Å²) < 4.78 is 10.5. The van der Waals surface area contributed by atoms with Crippen LogP contribution in [-0.2, 0) is 6.42 Å². The Morgan fingerprint density at radius 3 is 2.95 bits per heavy atom. The Kier molecular flexibility index (Phi) is 4.15. The van der Waals surface area contributed by atoms with Crippen molar-refractivity contribution in [2.75, 3.05) is 7.11 Å². The maximum Gasteiger partial charge on any atom is 0.270 e. The molecule has 0 aromatic carbocycles. The minimum absolute atomic E-state index is 0.438. The van der Waals surface area contributed by atoms with E-state index in [-0.39, 0.29) is 0 Å². The number of hydrogen-bond acceptors (Lipinski definition) is 7. The maximum absolute atomic E-state index is 5.33. The van der Waals surface area contributed by atoms with Gasteiger partial charge in [-0.15, -0.1) is 11.3 Å². The molecule has 0 saturated carbocycles. The van der Waals surface area contributed by atoms with Crippen LogP contribution in [0.1, 0.15) is 18.9 Å². The van der Waals surface area contributed by atoms with Crippen molar-refractivity contribution in [3.8, 4) is 28.0 Å². The number of hydrogen-bond donors (Lipinski definition) is 0. The average molecular weight is 316 g/mol. The monoisotopic (exact) mass is 316 g/mol. The molecule has 0 spiro atoms. The molecule has 0 radical (unpaired) electrons. The van der Waals surface area contributed by atoms with Gasteiger partial charge in [0.25, 0.3) is 5.89 Å². The lowest BCUT2D eigenvalue weighted by Gasteiger charge is -1.98. The Balaban J connectivity index is 1.85. The Labute approximate surface area is 132 Å². The Bertz CT molecular complexity index is 766. The molecule has 6 nitrogen and oxygen atoms in total. The zero-order valence-corrected chi connectivity index (χ0v) is 13.4. The summed E-state index contributed by atoms with van der Waals surface area (Å²) in [6.45, 7) is 4.33. The molecule has 114 valence electrons. The summed E-state index contributed by atoms with van der Waals surface area (Å²) in [5, 5.41) is 5.06. The van der Waals surface area contributed by atoms with Crippen molar-refractivity contribution in [1.29, 1.82) is 0 Å². The van der Waals surface area contributed by atoms with Crippen molar-refractivity contribution in [3.63, 3.8) is 0 Å². The summed E-state index contributed by atoms with van der Waals surface area (Å²) >= 11 is 1.58. The van der Waals surface area contributed by atoms with Crippen molar-refractivity contribution in [3.05, 3.63) is 29.5 Å². The number of methoxy groups -OCH3 is 1. The first-order chi connectivity index (χ1) is 10.7. The highest BCUT2D eigenvalue weighted by atomic mass is 32.1. The third kappa shape index (κ3) is 3.14. The topological polar surface area (TPSA) is 73.9 Å². The Morgan fingerprint density at radius 2 is 2.18 bits per heavy atom. The highest BCUT2D eigenvalue weighted by Gasteiger charge is 2.15. The summed E-state index contributed by atoms with van der Waals surface area (Å²) in [5.41, 5.74) is 0.612. The molecule has 3 aromatic rings. The van der Waals surface area contributed by atoms with Gasteiger partial charge >= 0.3 is 0 Å². The van der Waals surface area contributed by atoms with Crippen molar-refractivity contribution in [2.45, 2.75) is 20.3 Å². The van der Waals surface area contributed by atoms with Gasteiger partial charge in [0.15, 0.2) is 0 Å². The molecule has 0 saturated heterocycles. The third-order valence-electron chi connectivity index (χ3n) is 2.97.